The Morgan fingerprint density at radius 1 is 1.04 bits per heavy atom. The lowest BCUT2D eigenvalue weighted by Gasteiger charge is -2.17. The van der Waals surface area contributed by atoms with Gasteiger partial charge >= 0.3 is 0 Å². The molecule has 2 aromatic rings. The number of para-hydroxylation sites is 2. The van der Waals surface area contributed by atoms with Crippen LogP contribution >= 0.6 is 15.9 Å². The quantitative estimate of drug-likeness (QED) is 0.569. The summed E-state index contributed by atoms with van der Waals surface area (Å²) in [6, 6.07) is 15.6. The number of carbonyl (C=O) groups excluding carboxylic acids is 1. The predicted octanol–water partition coefficient (Wildman–Crippen LogP) is 4.67. The van der Waals surface area contributed by atoms with E-state index in [4.69, 9.17) is 9.47 Å². The molecule has 0 atom stereocenters. The lowest BCUT2D eigenvalue weighted by Crippen LogP contribution is -2.26. The standard InChI is InChI=1S/C20H24BrNO3/c1-3-24-18-7-4-5-8-19(18)25-14-6-9-20(23)22(2)15-16-10-12-17(21)13-11-16/h4-5,7-8,10-13H,3,6,9,14-15H2,1-2H3. The molecule has 0 fully saturated rings. The van der Waals surface area contributed by atoms with Gasteiger partial charge in [0.05, 0.1) is 13.2 Å². The van der Waals surface area contributed by atoms with Gasteiger partial charge in [-0.25, -0.2) is 0 Å². The van der Waals surface area contributed by atoms with Crippen LogP contribution in [0.15, 0.2) is 53.0 Å². The minimum Gasteiger partial charge on any atom is -0.490 e. The Kier molecular flexibility index (Phi) is 7.79. The molecule has 2 rings (SSSR count). The Morgan fingerprint density at radius 3 is 2.32 bits per heavy atom. The Balaban J connectivity index is 1.74. The summed E-state index contributed by atoms with van der Waals surface area (Å²) in [6.45, 7) is 3.64. The highest BCUT2D eigenvalue weighted by Crippen LogP contribution is 2.26. The summed E-state index contributed by atoms with van der Waals surface area (Å²) in [6.07, 6.45) is 1.13. The van der Waals surface area contributed by atoms with E-state index in [1.165, 1.54) is 0 Å². The van der Waals surface area contributed by atoms with Gasteiger partial charge in [-0.15, -0.1) is 0 Å². The second kappa shape index (κ2) is 10.1. The number of benzene rings is 2. The van der Waals surface area contributed by atoms with Crippen LogP contribution in [0, 0.1) is 0 Å². The van der Waals surface area contributed by atoms with Gasteiger partial charge < -0.3 is 14.4 Å². The maximum Gasteiger partial charge on any atom is 0.222 e. The van der Waals surface area contributed by atoms with Gasteiger partial charge in [0.2, 0.25) is 5.91 Å². The molecule has 0 saturated carbocycles. The smallest absolute Gasteiger partial charge is 0.222 e. The normalized spacial score (nSPS) is 10.4. The molecule has 0 heterocycles. The molecule has 0 unspecified atom stereocenters. The van der Waals surface area contributed by atoms with Crippen molar-refractivity contribution in [1.82, 2.24) is 4.90 Å². The SMILES string of the molecule is CCOc1ccccc1OCCCC(=O)N(C)Cc1ccc(Br)cc1. The van der Waals surface area contributed by atoms with Crippen molar-refractivity contribution >= 4 is 21.8 Å². The molecule has 1 amide bonds. The number of hydrogen-bond donors (Lipinski definition) is 0. The molecule has 0 aliphatic heterocycles. The number of halogens is 1. The van der Waals surface area contributed by atoms with Crippen LogP contribution < -0.4 is 9.47 Å². The maximum atomic E-state index is 12.2. The summed E-state index contributed by atoms with van der Waals surface area (Å²) in [5, 5.41) is 0. The van der Waals surface area contributed by atoms with E-state index in [1.54, 1.807) is 4.90 Å². The third-order valence-electron chi connectivity index (χ3n) is 3.70. The maximum absolute atomic E-state index is 12.2. The van der Waals surface area contributed by atoms with Gasteiger partial charge in [0.25, 0.3) is 0 Å². The topological polar surface area (TPSA) is 38.8 Å². The van der Waals surface area contributed by atoms with Crippen molar-refractivity contribution < 1.29 is 14.3 Å². The molecule has 0 aliphatic carbocycles. The zero-order valence-corrected chi connectivity index (χ0v) is 16.3. The fraction of sp³-hybridized carbons (Fsp3) is 0.350. The van der Waals surface area contributed by atoms with Crippen molar-refractivity contribution in [2.24, 2.45) is 0 Å². The number of amides is 1. The second-order valence-corrected chi connectivity index (χ2v) is 6.62. The third-order valence-corrected chi connectivity index (χ3v) is 4.23. The molecule has 134 valence electrons. The van der Waals surface area contributed by atoms with Crippen molar-refractivity contribution in [3.8, 4) is 11.5 Å². The molecule has 2 aromatic carbocycles. The Morgan fingerprint density at radius 2 is 1.68 bits per heavy atom. The first-order valence-electron chi connectivity index (χ1n) is 8.43. The summed E-state index contributed by atoms with van der Waals surface area (Å²) in [5.74, 6) is 1.58. The number of ether oxygens (including phenoxy) is 2. The zero-order valence-electron chi connectivity index (χ0n) is 14.7. The predicted molar refractivity (Wildman–Crippen MR) is 103 cm³/mol. The van der Waals surface area contributed by atoms with Crippen LogP contribution in [0.5, 0.6) is 11.5 Å². The van der Waals surface area contributed by atoms with Crippen molar-refractivity contribution in [2.75, 3.05) is 20.3 Å². The van der Waals surface area contributed by atoms with Crippen molar-refractivity contribution in [1.29, 1.82) is 0 Å². The largest absolute Gasteiger partial charge is 0.490 e. The van der Waals surface area contributed by atoms with Crippen molar-refractivity contribution in [3.05, 3.63) is 58.6 Å². The molecular weight excluding hydrogens is 382 g/mol. The van der Waals surface area contributed by atoms with Crippen molar-refractivity contribution in [2.45, 2.75) is 26.3 Å². The van der Waals surface area contributed by atoms with Crippen LogP contribution in [0.4, 0.5) is 0 Å². The minimum absolute atomic E-state index is 0.115. The Hall–Kier alpha value is -2.01. The molecule has 4 nitrogen and oxygen atoms in total. The Bertz CT molecular complexity index is 673. The first-order chi connectivity index (χ1) is 12.1. The molecule has 25 heavy (non-hydrogen) atoms. The van der Waals surface area contributed by atoms with Gasteiger partial charge in [-0.05, 0) is 43.2 Å². The molecule has 0 bridgehead atoms. The van der Waals surface area contributed by atoms with Crippen LogP contribution in [0.3, 0.4) is 0 Å². The second-order valence-electron chi connectivity index (χ2n) is 5.71. The van der Waals surface area contributed by atoms with Crippen LogP contribution in [0.2, 0.25) is 0 Å². The molecule has 0 aliphatic rings. The van der Waals surface area contributed by atoms with E-state index in [0.29, 0.717) is 32.6 Å². The molecule has 0 radical (unpaired) electrons. The minimum atomic E-state index is 0.115. The average molecular weight is 406 g/mol. The summed E-state index contributed by atoms with van der Waals surface area (Å²) in [7, 11) is 1.83. The van der Waals surface area contributed by atoms with E-state index in [1.807, 2.05) is 62.5 Å². The third kappa shape index (κ3) is 6.42. The average Bonchev–Trinajstić information content (AvgIpc) is 2.62. The van der Waals surface area contributed by atoms with E-state index in [0.717, 1.165) is 21.5 Å². The number of carbonyl (C=O) groups is 1. The Labute approximate surface area is 157 Å². The van der Waals surface area contributed by atoms with Crippen molar-refractivity contribution in [3.63, 3.8) is 0 Å². The van der Waals surface area contributed by atoms with Crippen LogP contribution in [0.25, 0.3) is 0 Å². The highest BCUT2D eigenvalue weighted by atomic mass is 79.9. The highest BCUT2D eigenvalue weighted by Gasteiger charge is 2.10. The van der Waals surface area contributed by atoms with Crippen LogP contribution in [0.1, 0.15) is 25.3 Å². The molecular formula is C20H24BrNO3. The number of nitrogens with zero attached hydrogens (tertiary/aromatic N) is 1. The fourth-order valence-electron chi connectivity index (χ4n) is 2.39. The van der Waals surface area contributed by atoms with E-state index < -0.39 is 0 Å². The summed E-state index contributed by atoms with van der Waals surface area (Å²) in [4.78, 5) is 14.0. The molecule has 0 aromatic heterocycles. The van der Waals surface area contributed by atoms with E-state index in [9.17, 15) is 4.79 Å². The van der Waals surface area contributed by atoms with Gasteiger partial charge in [0, 0.05) is 24.5 Å². The van der Waals surface area contributed by atoms with Gasteiger partial charge in [0.15, 0.2) is 11.5 Å². The zero-order chi connectivity index (χ0) is 18.1. The van der Waals surface area contributed by atoms with Gasteiger partial charge in [-0.3, -0.25) is 4.79 Å². The number of rotatable bonds is 9. The molecule has 5 heteroatoms. The number of hydrogen-bond acceptors (Lipinski definition) is 3. The molecule has 0 spiro atoms. The first kappa shape index (κ1) is 19.3. The van der Waals surface area contributed by atoms with E-state index in [2.05, 4.69) is 15.9 Å². The summed E-state index contributed by atoms with van der Waals surface area (Å²) in [5.41, 5.74) is 1.11. The fourth-order valence-corrected chi connectivity index (χ4v) is 2.66. The van der Waals surface area contributed by atoms with Gasteiger partial charge in [-0.2, -0.15) is 0 Å². The summed E-state index contributed by atoms with van der Waals surface area (Å²) < 4.78 is 12.3. The lowest BCUT2D eigenvalue weighted by molar-refractivity contribution is -0.130. The first-order valence-corrected chi connectivity index (χ1v) is 9.22. The van der Waals surface area contributed by atoms with Crippen LogP contribution in [-0.4, -0.2) is 31.1 Å². The van der Waals surface area contributed by atoms with Crippen LogP contribution in [-0.2, 0) is 11.3 Å². The molecule has 0 saturated heterocycles. The lowest BCUT2D eigenvalue weighted by atomic mass is 10.2. The monoisotopic (exact) mass is 405 g/mol. The molecule has 0 N–H and O–H groups in total. The van der Waals surface area contributed by atoms with Gasteiger partial charge in [-0.1, -0.05) is 40.2 Å². The van der Waals surface area contributed by atoms with Gasteiger partial charge in [0.1, 0.15) is 0 Å². The highest BCUT2D eigenvalue weighted by molar-refractivity contribution is 9.10. The van der Waals surface area contributed by atoms with E-state index >= 15 is 0 Å². The van der Waals surface area contributed by atoms with E-state index in [-0.39, 0.29) is 5.91 Å². The summed E-state index contributed by atoms with van der Waals surface area (Å²) >= 11 is 3.41.